The third-order valence-corrected chi connectivity index (χ3v) is 10.2. The van der Waals surface area contributed by atoms with Crippen molar-refractivity contribution in [3.05, 3.63) is 204 Å². The molecule has 2 aliphatic rings. The first-order valence-corrected chi connectivity index (χ1v) is 17.0. The van der Waals surface area contributed by atoms with E-state index in [1.807, 2.05) is 36.4 Å². The molecule has 0 radical (unpaired) electrons. The third-order valence-electron chi connectivity index (χ3n) is 10.2. The van der Waals surface area contributed by atoms with Crippen molar-refractivity contribution in [1.29, 1.82) is 0 Å². The van der Waals surface area contributed by atoms with Crippen LogP contribution in [0.4, 0.5) is 0 Å². The van der Waals surface area contributed by atoms with Gasteiger partial charge in [-0.2, -0.15) is 0 Å². The minimum Gasteiger partial charge on any atom is -0.457 e. The molecule has 0 saturated heterocycles. The molecular formula is C47H30N2O. The summed E-state index contributed by atoms with van der Waals surface area (Å²) in [4.78, 5) is 10.1. The molecule has 3 nitrogen and oxygen atoms in total. The van der Waals surface area contributed by atoms with Crippen molar-refractivity contribution in [3.8, 4) is 67.7 Å². The number of ether oxygens (including phenoxy) is 1. The largest absolute Gasteiger partial charge is 0.457 e. The molecule has 1 spiro atoms. The first kappa shape index (κ1) is 28.4. The molecule has 1 aliphatic carbocycles. The monoisotopic (exact) mass is 638 g/mol. The topological polar surface area (TPSA) is 35.0 Å². The van der Waals surface area contributed by atoms with E-state index in [-0.39, 0.29) is 0 Å². The Morgan fingerprint density at radius 3 is 1.44 bits per heavy atom. The Kier molecular flexibility index (Phi) is 6.40. The molecule has 0 fully saturated rings. The minimum absolute atomic E-state index is 0.461. The van der Waals surface area contributed by atoms with Gasteiger partial charge in [-0.25, -0.2) is 9.97 Å². The molecule has 0 amide bonds. The van der Waals surface area contributed by atoms with Crippen LogP contribution in [0, 0.1) is 0 Å². The van der Waals surface area contributed by atoms with E-state index < -0.39 is 5.41 Å². The standard InChI is InChI=1S/C47H30N2O/c1-3-13-32(14-4-1)42-30-43(33-15-5-2-6-16-33)49-46(48-42)34-25-23-31(24-26-34)35-27-28-41-45(29-35)50-44-22-12-11-21-40(44)47(41)38-19-9-7-17-36(38)37-18-8-10-20-39(37)47/h1-30H. The molecule has 0 atom stereocenters. The Hall–Kier alpha value is -6.58. The zero-order valence-electron chi connectivity index (χ0n) is 27.1. The van der Waals surface area contributed by atoms with Gasteiger partial charge in [0, 0.05) is 27.8 Å². The van der Waals surface area contributed by atoms with Gasteiger partial charge in [0.15, 0.2) is 5.82 Å². The lowest BCUT2D eigenvalue weighted by atomic mass is 9.66. The van der Waals surface area contributed by atoms with Gasteiger partial charge >= 0.3 is 0 Å². The maximum atomic E-state index is 6.74. The Morgan fingerprint density at radius 2 is 0.820 bits per heavy atom. The molecule has 0 saturated carbocycles. The summed E-state index contributed by atoms with van der Waals surface area (Å²) in [6.07, 6.45) is 0. The van der Waals surface area contributed by atoms with Crippen molar-refractivity contribution < 1.29 is 4.74 Å². The first-order valence-electron chi connectivity index (χ1n) is 17.0. The number of fused-ring (bicyclic) bond motifs is 9. The summed E-state index contributed by atoms with van der Waals surface area (Å²) in [5.74, 6) is 2.47. The number of rotatable bonds is 4. The summed E-state index contributed by atoms with van der Waals surface area (Å²) >= 11 is 0. The van der Waals surface area contributed by atoms with Gasteiger partial charge in [0.05, 0.1) is 16.8 Å². The highest BCUT2D eigenvalue weighted by molar-refractivity contribution is 5.89. The molecule has 2 heterocycles. The van der Waals surface area contributed by atoms with Crippen molar-refractivity contribution in [2.45, 2.75) is 5.41 Å². The van der Waals surface area contributed by atoms with Crippen LogP contribution < -0.4 is 4.74 Å². The number of aromatic nitrogens is 2. The van der Waals surface area contributed by atoms with Gasteiger partial charge in [-0.3, -0.25) is 0 Å². The Bertz CT molecular complexity index is 2450. The zero-order valence-corrected chi connectivity index (χ0v) is 27.1. The van der Waals surface area contributed by atoms with Crippen molar-refractivity contribution in [2.24, 2.45) is 0 Å². The molecule has 7 aromatic carbocycles. The van der Waals surface area contributed by atoms with Crippen LogP contribution in [-0.4, -0.2) is 9.97 Å². The average Bonchev–Trinajstić information content (AvgIpc) is 3.49. The average molecular weight is 639 g/mol. The lowest BCUT2D eigenvalue weighted by molar-refractivity contribution is 0.436. The van der Waals surface area contributed by atoms with E-state index in [0.717, 1.165) is 56.3 Å². The van der Waals surface area contributed by atoms with Crippen molar-refractivity contribution in [2.75, 3.05) is 0 Å². The lowest BCUT2D eigenvalue weighted by Gasteiger charge is -2.39. The van der Waals surface area contributed by atoms with Crippen LogP contribution in [0.5, 0.6) is 11.5 Å². The predicted octanol–water partition coefficient (Wildman–Crippen LogP) is 11.6. The number of hydrogen-bond acceptors (Lipinski definition) is 3. The molecular weight excluding hydrogens is 609 g/mol. The molecule has 0 bridgehead atoms. The van der Waals surface area contributed by atoms with Gasteiger partial charge in [-0.1, -0.05) is 164 Å². The highest BCUT2D eigenvalue weighted by atomic mass is 16.5. The summed E-state index contributed by atoms with van der Waals surface area (Å²) in [6.45, 7) is 0. The second kappa shape index (κ2) is 11.3. The van der Waals surface area contributed by atoms with E-state index in [4.69, 9.17) is 14.7 Å². The van der Waals surface area contributed by atoms with Crippen LogP contribution in [0.1, 0.15) is 22.3 Å². The van der Waals surface area contributed by atoms with Crippen molar-refractivity contribution in [1.82, 2.24) is 9.97 Å². The van der Waals surface area contributed by atoms with E-state index in [1.165, 1.54) is 27.8 Å². The number of para-hydroxylation sites is 1. The maximum Gasteiger partial charge on any atom is 0.160 e. The minimum atomic E-state index is -0.461. The van der Waals surface area contributed by atoms with Crippen molar-refractivity contribution >= 4 is 0 Å². The molecule has 0 N–H and O–H groups in total. The normalized spacial score (nSPS) is 13.1. The molecule has 8 aromatic rings. The van der Waals surface area contributed by atoms with E-state index in [9.17, 15) is 0 Å². The number of nitrogens with zero attached hydrogens (tertiary/aromatic N) is 2. The number of hydrogen-bond donors (Lipinski definition) is 0. The molecule has 3 heteroatoms. The Labute approximate surface area is 291 Å². The molecule has 1 aliphatic heterocycles. The summed E-state index contributed by atoms with van der Waals surface area (Å²) in [5, 5.41) is 0. The van der Waals surface area contributed by atoms with Crippen LogP contribution in [-0.2, 0) is 5.41 Å². The molecule has 50 heavy (non-hydrogen) atoms. The SMILES string of the molecule is c1ccc(-c2cc(-c3ccccc3)nc(-c3ccc(-c4ccc5c(c4)Oc4ccccc4C54c5ccccc5-c5ccccc54)cc3)n2)cc1. The Morgan fingerprint density at radius 1 is 0.340 bits per heavy atom. The van der Waals surface area contributed by atoms with Crippen LogP contribution in [0.2, 0.25) is 0 Å². The lowest BCUT2D eigenvalue weighted by Crippen LogP contribution is -2.32. The van der Waals surface area contributed by atoms with Crippen molar-refractivity contribution in [3.63, 3.8) is 0 Å². The molecule has 1 aromatic heterocycles. The van der Waals surface area contributed by atoms with E-state index in [1.54, 1.807) is 0 Å². The van der Waals surface area contributed by atoms with Gasteiger partial charge in [-0.15, -0.1) is 0 Å². The molecule has 0 unspecified atom stereocenters. The zero-order chi connectivity index (χ0) is 33.1. The second-order valence-corrected chi connectivity index (χ2v) is 12.9. The van der Waals surface area contributed by atoms with Crippen LogP contribution in [0.25, 0.3) is 56.2 Å². The summed E-state index contributed by atoms with van der Waals surface area (Å²) in [5.41, 5.74) is 14.1. The fraction of sp³-hybridized carbons (Fsp3) is 0.0213. The van der Waals surface area contributed by atoms with Crippen LogP contribution >= 0.6 is 0 Å². The highest BCUT2D eigenvalue weighted by Crippen LogP contribution is 2.62. The fourth-order valence-electron chi connectivity index (χ4n) is 7.94. The summed E-state index contributed by atoms with van der Waals surface area (Å²) in [6, 6.07) is 64.1. The maximum absolute atomic E-state index is 6.74. The van der Waals surface area contributed by atoms with Crippen LogP contribution in [0.3, 0.4) is 0 Å². The first-order chi connectivity index (χ1) is 24.8. The smallest absolute Gasteiger partial charge is 0.160 e. The van der Waals surface area contributed by atoms with Crippen LogP contribution in [0.15, 0.2) is 182 Å². The molecule has 234 valence electrons. The Balaban J connectivity index is 1.08. The quantitative estimate of drug-likeness (QED) is 0.192. The summed E-state index contributed by atoms with van der Waals surface area (Å²) < 4.78 is 6.74. The van der Waals surface area contributed by atoms with Gasteiger partial charge in [-0.05, 0) is 51.6 Å². The fourth-order valence-corrected chi connectivity index (χ4v) is 7.94. The number of benzene rings is 7. The van der Waals surface area contributed by atoms with E-state index >= 15 is 0 Å². The predicted molar refractivity (Wildman–Crippen MR) is 201 cm³/mol. The second-order valence-electron chi connectivity index (χ2n) is 12.9. The van der Waals surface area contributed by atoms with Gasteiger partial charge in [0.25, 0.3) is 0 Å². The van der Waals surface area contributed by atoms with E-state index in [0.29, 0.717) is 5.82 Å². The molecule has 10 rings (SSSR count). The van der Waals surface area contributed by atoms with Gasteiger partial charge < -0.3 is 4.74 Å². The highest BCUT2D eigenvalue weighted by Gasteiger charge is 2.50. The van der Waals surface area contributed by atoms with Gasteiger partial charge in [0.1, 0.15) is 11.5 Å². The van der Waals surface area contributed by atoms with Gasteiger partial charge in [0.2, 0.25) is 0 Å². The van der Waals surface area contributed by atoms with E-state index in [2.05, 4.69) is 146 Å². The summed E-state index contributed by atoms with van der Waals surface area (Å²) in [7, 11) is 0. The third kappa shape index (κ3) is 4.30.